The van der Waals surface area contributed by atoms with E-state index in [2.05, 4.69) is 4.98 Å². The van der Waals surface area contributed by atoms with Crippen LogP contribution in [0, 0.1) is 0 Å². The lowest BCUT2D eigenvalue weighted by Gasteiger charge is -2.16. The quantitative estimate of drug-likeness (QED) is 0.289. The van der Waals surface area contributed by atoms with E-state index in [1.54, 1.807) is 22.8 Å². The van der Waals surface area contributed by atoms with Crippen LogP contribution in [0.15, 0.2) is 46.3 Å². The molecule has 2 aromatic carbocycles. The first-order valence-electron chi connectivity index (χ1n) is 8.17. The molecule has 0 bridgehead atoms. The van der Waals surface area contributed by atoms with E-state index >= 15 is 0 Å². The highest BCUT2D eigenvalue weighted by molar-refractivity contribution is 7.99. The minimum absolute atomic E-state index is 0.0233. The van der Waals surface area contributed by atoms with Crippen molar-refractivity contribution >= 4 is 40.0 Å². The summed E-state index contributed by atoms with van der Waals surface area (Å²) in [6, 6.07) is 8.67. The van der Waals surface area contributed by atoms with Crippen LogP contribution in [0.25, 0.3) is 10.9 Å². The van der Waals surface area contributed by atoms with Crippen LogP contribution in [-0.2, 0) is 0 Å². The Morgan fingerprint density at radius 2 is 1.93 bits per heavy atom. The van der Waals surface area contributed by atoms with Gasteiger partial charge in [0.2, 0.25) is 0 Å². The van der Waals surface area contributed by atoms with E-state index in [-0.39, 0.29) is 40.2 Å². The monoisotopic (exact) mass is 404 g/mol. The van der Waals surface area contributed by atoms with Crippen LogP contribution in [0.4, 0.5) is 0 Å². The second-order valence-corrected chi connectivity index (χ2v) is 7.62. The van der Waals surface area contributed by atoms with Gasteiger partial charge in [-0.2, -0.15) is 0 Å². The number of aromatic nitrogens is 2. The standard InChI is InChI=1S/C19H17ClN2O4S/c1-10(2)22-18(26)13-5-4-12(20)8-14(13)21-19(22)27-9-17(25)11-3-6-15(23)16(24)7-11/h3-8,10,23-24H,9H2,1-2H3. The number of ketones is 1. The number of halogens is 1. The van der Waals surface area contributed by atoms with Gasteiger partial charge in [0.1, 0.15) is 0 Å². The Hall–Kier alpha value is -2.51. The average molecular weight is 405 g/mol. The summed E-state index contributed by atoms with van der Waals surface area (Å²) in [4.78, 5) is 29.8. The molecule has 0 radical (unpaired) electrons. The maximum atomic E-state index is 12.8. The van der Waals surface area contributed by atoms with Crippen molar-refractivity contribution < 1.29 is 15.0 Å². The Morgan fingerprint density at radius 1 is 1.19 bits per heavy atom. The zero-order chi connectivity index (χ0) is 19.7. The number of phenols is 2. The molecule has 0 aliphatic rings. The first-order chi connectivity index (χ1) is 12.8. The first-order valence-corrected chi connectivity index (χ1v) is 9.54. The van der Waals surface area contributed by atoms with Gasteiger partial charge in [-0.05, 0) is 50.2 Å². The number of phenolic OH excluding ortho intramolecular Hbond substituents is 2. The number of fused-ring (bicyclic) bond motifs is 1. The number of nitrogens with zero attached hydrogens (tertiary/aromatic N) is 2. The van der Waals surface area contributed by atoms with Gasteiger partial charge >= 0.3 is 0 Å². The maximum Gasteiger partial charge on any atom is 0.262 e. The molecule has 3 rings (SSSR count). The van der Waals surface area contributed by atoms with E-state index in [1.807, 2.05) is 13.8 Å². The fourth-order valence-electron chi connectivity index (χ4n) is 2.62. The Morgan fingerprint density at radius 3 is 2.59 bits per heavy atom. The lowest BCUT2D eigenvalue weighted by atomic mass is 10.1. The molecule has 1 heterocycles. The molecule has 1 aromatic heterocycles. The number of Topliss-reactive ketones (excluding diaryl/α,β-unsaturated/α-hetero) is 1. The number of thioether (sulfide) groups is 1. The Labute approximate surface area is 164 Å². The Balaban J connectivity index is 1.95. The van der Waals surface area contributed by atoms with Crippen molar-refractivity contribution in [3.05, 3.63) is 57.3 Å². The smallest absolute Gasteiger partial charge is 0.262 e. The van der Waals surface area contributed by atoms with Crippen LogP contribution in [-0.4, -0.2) is 31.3 Å². The molecule has 0 saturated carbocycles. The molecule has 0 unspecified atom stereocenters. The number of carbonyl (C=O) groups excluding carboxylic acids is 1. The molecule has 0 fully saturated rings. The fraction of sp³-hybridized carbons (Fsp3) is 0.211. The molecule has 27 heavy (non-hydrogen) atoms. The lowest BCUT2D eigenvalue weighted by molar-refractivity contribution is 0.102. The van der Waals surface area contributed by atoms with Crippen molar-refractivity contribution in [1.29, 1.82) is 0 Å². The number of rotatable bonds is 5. The number of hydrogen-bond donors (Lipinski definition) is 2. The second kappa shape index (κ2) is 7.62. The summed E-state index contributed by atoms with van der Waals surface area (Å²) in [6.07, 6.45) is 0. The van der Waals surface area contributed by atoms with Gasteiger partial charge in [0.15, 0.2) is 22.4 Å². The van der Waals surface area contributed by atoms with Crippen molar-refractivity contribution in [2.45, 2.75) is 25.0 Å². The number of aromatic hydroxyl groups is 2. The molecule has 0 aliphatic heterocycles. The molecule has 8 heteroatoms. The zero-order valence-electron chi connectivity index (χ0n) is 14.6. The van der Waals surface area contributed by atoms with Gasteiger partial charge in [-0.25, -0.2) is 4.98 Å². The van der Waals surface area contributed by atoms with Gasteiger partial charge in [-0.3, -0.25) is 14.2 Å². The zero-order valence-corrected chi connectivity index (χ0v) is 16.2. The molecule has 0 amide bonds. The van der Waals surface area contributed by atoms with Crippen molar-refractivity contribution in [2.24, 2.45) is 0 Å². The van der Waals surface area contributed by atoms with E-state index in [0.29, 0.717) is 21.1 Å². The number of hydrogen-bond acceptors (Lipinski definition) is 6. The Kier molecular flexibility index (Phi) is 5.43. The van der Waals surface area contributed by atoms with Crippen LogP contribution in [0.2, 0.25) is 5.02 Å². The summed E-state index contributed by atoms with van der Waals surface area (Å²) in [5.41, 5.74) is 0.547. The van der Waals surface area contributed by atoms with Crippen LogP contribution >= 0.6 is 23.4 Å². The summed E-state index contributed by atoms with van der Waals surface area (Å²) < 4.78 is 1.54. The summed E-state index contributed by atoms with van der Waals surface area (Å²) >= 11 is 7.15. The highest BCUT2D eigenvalue weighted by atomic mass is 35.5. The summed E-state index contributed by atoms with van der Waals surface area (Å²) in [5.74, 6) is -0.884. The van der Waals surface area contributed by atoms with E-state index < -0.39 is 0 Å². The molecular formula is C19H17ClN2O4S. The average Bonchev–Trinajstić information content (AvgIpc) is 2.61. The highest BCUT2D eigenvalue weighted by Crippen LogP contribution is 2.27. The van der Waals surface area contributed by atoms with Gasteiger partial charge in [0.25, 0.3) is 5.56 Å². The molecule has 0 spiro atoms. The molecule has 0 aliphatic carbocycles. The summed E-state index contributed by atoms with van der Waals surface area (Å²) in [5, 5.41) is 20.3. The van der Waals surface area contributed by atoms with Gasteiger partial charge < -0.3 is 10.2 Å². The third-order valence-electron chi connectivity index (χ3n) is 3.98. The van der Waals surface area contributed by atoms with Gasteiger partial charge in [0, 0.05) is 16.6 Å². The molecule has 0 atom stereocenters. The van der Waals surface area contributed by atoms with Crippen LogP contribution in [0.3, 0.4) is 0 Å². The second-order valence-electron chi connectivity index (χ2n) is 6.24. The van der Waals surface area contributed by atoms with Crippen molar-refractivity contribution in [3.8, 4) is 11.5 Å². The van der Waals surface area contributed by atoms with E-state index in [9.17, 15) is 19.8 Å². The van der Waals surface area contributed by atoms with Gasteiger partial charge in [-0.1, -0.05) is 23.4 Å². The largest absolute Gasteiger partial charge is 0.504 e. The number of benzene rings is 2. The summed E-state index contributed by atoms with van der Waals surface area (Å²) in [7, 11) is 0. The first kappa shape index (κ1) is 19.3. The molecular weight excluding hydrogens is 388 g/mol. The number of carbonyl (C=O) groups is 1. The fourth-order valence-corrected chi connectivity index (χ4v) is 3.81. The van der Waals surface area contributed by atoms with E-state index in [1.165, 1.54) is 18.2 Å². The van der Waals surface area contributed by atoms with Crippen LogP contribution < -0.4 is 5.56 Å². The van der Waals surface area contributed by atoms with Crippen molar-refractivity contribution in [1.82, 2.24) is 9.55 Å². The predicted molar refractivity (Wildman–Crippen MR) is 106 cm³/mol. The maximum absolute atomic E-state index is 12.8. The summed E-state index contributed by atoms with van der Waals surface area (Å²) in [6.45, 7) is 3.74. The minimum Gasteiger partial charge on any atom is -0.504 e. The lowest BCUT2D eigenvalue weighted by Crippen LogP contribution is -2.25. The predicted octanol–water partition coefficient (Wildman–Crippen LogP) is 4.02. The normalized spacial score (nSPS) is 11.3. The van der Waals surface area contributed by atoms with Crippen molar-refractivity contribution in [3.63, 3.8) is 0 Å². The van der Waals surface area contributed by atoms with E-state index in [0.717, 1.165) is 11.8 Å². The minimum atomic E-state index is -0.358. The van der Waals surface area contributed by atoms with Crippen LogP contribution in [0.1, 0.15) is 30.2 Å². The van der Waals surface area contributed by atoms with Crippen LogP contribution in [0.5, 0.6) is 11.5 Å². The molecule has 140 valence electrons. The van der Waals surface area contributed by atoms with E-state index in [4.69, 9.17) is 11.6 Å². The Bertz CT molecular complexity index is 1090. The molecule has 3 aromatic rings. The topological polar surface area (TPSA) is 92.4 Å². The third-order valence-corrected chi connectivity index (χ3v) is 5.17. The third kappa shape index (κ3) is 3.94. The van der Waals surface area contributed by atoms with Crippen molar-refractivity contribution in [2.75, 3.05) is 5.75 Å². The highest BCUT2D eigenvalue weighted by Gasteiger charge is 2.17. The molecule has 0 saturated heterocycles. The SMILES string of the molecule is CC(C)n1c(SCC(=O)c2ccc(O)c(O)c2)nc2cc(Cl)ccc2c1=O. The molecule has 6 nitrogen and oxygen atoms in total. The van der Waals surface area contributed by atoms with Gasteiger partial charge in [0.05, 0.1) is 16.7 Å². The van der Waals surface area contributed by atoms with Gasteiger partial charge in [-0.15, -0.1) is 0 Å². The molecule has 2 N–H and O–H groups in total.